The van der Waals surface area contributed by atoms with E-state index in [1.165, 1.54) is 16.7 Å². The number of aromatic carboxylic acids is 1. The standard InChI is InChI=1S/C13H14N2O4S/c1-7-5-9(8(2)19-7)12(16)14-4-3-11-15-10(6-20-11)13(17)18/h5-6H,3-4H2,1-2H3,(H,14,16)(H,17,18). The number of amides is 1. The molecule has 0 spiro atoms. The molecule has 2 aromatic heterocycles. The molecule has 0 bridgehead atoms. The van der Waals surface area contributed by atoms with Crippen LogP contribution in [0, 0.1) is 13.8 Å². The van der Waals surface area contributed by atoms with Crippen LogP contribution < -0.4 is 5.32 Å². The highest BCUT2D eigenvalue weighted by Gasteiger charge is 2.13. The van der Waals surface area contributed by atoms with Crippen LogP contribution in [0.3, 0.4) is 0 Å². The predicted molar refractivity (Wildman–Crippen MR) is 73.3 cm³/mol. The summed E-state index contributed by atoms with van der Waals surface area (Å²) >= 11 is 1.27. The van der Waals surface area contributed by atoms with E-state index in [2.05, 4.69) is 10.3 Å². The molecule has 106 valence electrons. The Kier molecular flexibility index (Phi) is 4.19. The molecule has 7 heteroatoms. The van der Waals surface area contributed by atoms with Crippen LogP contribution >= 0.6 is 11.3 Å². The maximum atomic E-state index is 11.9. The van der Waals surface area contributed by atoms with Gasteiger partial charge in [-0.15, -0.1) is 11.3 Å². The number of hydrogen-bond acceptors (Lipinski definition) is 5. The van der Waals surface area contributed by atoms with Gasteiger partial charge in [0.15, 0.2) is 5.69 Å². The van der Waals surface area contributed by atoms with E-state index in [-0.39, 0.29) is 11.6 Å². The largest absolute Gasteiger partial charge is 0.476 e. The zero-order chi connectivity index (χ0) is 14.7. The quantitative estimate of drug-likeness (QED) is 0.880. The van der Waals surface area contributed by atoms with Crippen LogP contribution in [-0.4, -0.2) is 28.5 Å². The summed E-state index contributed by atoms with van der Waals surface area (Å²) in [6.45, 7) is 3.92. The summed E-state index contributed by atoms with van der Waals surface area (Å²) < 4.78 is 5.29. The summed E-state index contributed by atoms with van der Waals surface area (Å²) in [5.74, 6) is 0.0384. The fourth-order valence-electron chi connectivity index (χ4n) is 1.76. The van der Waals surface area contributed by atoms with Crippen molar-refractivity contribution in [3.8, 4) is 0 Å². The lowest BCUT2D eigenvalue weighted by atomic mass is 10.2. The van der Waals surface area contributed by atoms with Gasteiger partial charge in [0.05, 0.1) is 10.6 Å². The molecule has 0 unspecified atom stereocenters. The van der Waals surface area contributed by atoms with Crippen LogP contribution in [0.15, 0.2) is 15.9 Å². The maximum Gasteiger partial charge on any atom is 0.355 e. The third kappa shape index (κ3) is 3.24. The normalized spacial score (nSPS) is 10.5. The molecule has 0 aliphatic carbocycles. The highest BCUT2D eigenvalue weighted by Crippen LogP contribution is 2.13. The minimum absolute atomic E-state index is 0.0395. The van der Waals surface area contributed by atoms with Gasteiger partial charge in [0.2, 0.25) is 0 Å². The lowest BCUT2D eigenvalue weighted by Crippen LogP contribution is -2.25. The number of hydrogen-bond donors (Lipinski definition) is 2. The molecular weight excluding hydrogens is 280 g/mol. The topological polar surface area (TPSA) is 92.4 Å². The predicted octanol–water partition coefficient (Wildman–Crippen LogP) is 2.02. The first-order valence-electron chi connectivity index (χ1n) is 6.00. The molecule has 0 radical (unpaired) electrons. The summed E-state index contributed by atoms with van der Waals surface area (Å²) in [5.41, 5.74) is 0.561. The zero-order valence-corrected chi connectivity index (χ0v) is 11.9. The monoisotopic (exact) mass is 294 g/mol. The highest BCUT2D eigenvalue weighted by atomic mass is 32.1. The van der Waals surface area contributed by atoms with Crippen LogP contribution in [0.25, 0.3) is 0 Å². The molecule has 0 aliphatic rings. The third-order valence-corrected chi connectivity index (χ3v) is 3.59. The SMILES string of the molecule is Cc1cc(C(=O)NCCc2nc(C(=O)O)cs2)c(C)o1. The van der Waals surface area contributed by atoms with Gasteiger partial charge in [-0.3, -0.25) is 4.79 Å². The Morgan fingerprint density at radius 2 is 2.20 bits per heavy atom. The fourth-order valence-corrected chi connectivity index (χ4v) is 2.53. The van der Waals surface area contributed by atoms with Crippen molar-refractivity contribution in [1.29, 1.82) is 0 Å². The number of carboxylic acids is 1. The smallest absolute Gasteiger partial charge is 0.355 e. The van der Waals surface area contributed by atoms with Crippen molar-refractivity contribution >= 4 is 23.2 Å². The van der Waals surface area contributed by atoms with Crippen molar-refractivity contribution in [3.05, 3.63) is 39.2 Å². The van der Waals surface area contributed by atoms with Gasteiger partial charge >= 0.3 is 5.97 Å². The molecule has 0 atom stereocenters. The number of nitrogens with one attached hydrogen (secondary N) is 1. The van der Waals surface area contributed by atoms with Gasteiger partial charge in [-0.05, 0) is 19.9 Å². The molecule has 0 aliphatic heterocycles. The Bertz CT molecular complexity index is 645. The summed E-state index contributed by atoms with van der Waals surface area (Å²) in [7, 11) is 0. The summed E-state index contributed by atoms with van der Waals surface area (Å²) in [5, 5.41) is 13.7. The fraction of sp³-hybridized carbons (Fsp3) is 0.308. The van der Waals surface area contributed by atoms with E-state index in [0.717, 1.165) is 0 Å². The van der Waals surface area contributed by atoms with Crippen molar-refractivity contribution in [2.75, 3.05) is 6.54 Å². The number of thiazole rings is 1. The van der Waals surface area contributed by atoms with Gasteiger partial charge in [0.25, 0.3) is 5.91 Å². The van der Waals surface area contributed by atoms with Crippen molar-refractivity contribution in [3.63, 3.8) is 0 Å². The van der Waals surface area contributed by atoms with Gasteiger partial charge in [-0.1, -0.05) is 0 Å². The van der Waals surface area contributed by atoms with Gasteiger partial charge in [-0.2, -0.15) is 0 Å². The van der Waals surface area contributed by atoms with E-state index in [4.69, 9.17) is 9.52 Å². The first kappa shape index (κ1) is 14.3. The minimum atomic E-state index is -1.04. The summed E-state index contributed by atoms with van der Waals surface area (Å²) in [6, 6.07) is 1.69. The molecule has 0 aromatic carbocycles. The molecule has 0 fully saturated rings. The highest BCUT2D eigenvalue weighted by molar-refractivity contribution is 7.09. The molecule has 2 rings (SSSR count). The number of aromatic nitrogens is 1. The van der Waals surface area contributed by atoms with Crippen LogP contribution in [-0.2, 0) is 6.42 Å². The van der Waals surface area contributed by atoms with E-state index in [1.807, 2.05) is 0 Å². The van der Waals surface area contributed by atoms with E-state index >= 15 is 0 Å². The van der Waals surface area contributed by atoms with E-state index in [0.29, 0.717) is 35.1 Å². The molecule has 1 amide bonds. The van der Waals surface area contributed by atoms with Gasteiger partial charge < -0.3 is 14.8 Å². The molecule has 0 saturated heterocycles. The lowest BCUT2D eigenvalue weighted by Gasteiger charge is -2.02. The van der Waals surface area contributed by atoms with E-state index < -0.39 is 5.97 Å². The molecule has 20 heavy (non-hydrogen) atoms. The second-order valence-electron chi connectivity index (χ2n) is 4.26. The molecule has 2 aromatic rings. The second-order valence-corrected chi connectivity index (χ2v) is 5.21. The van der Waals surface area contributed by atoms with Gasteiger partial charge in [0.1, 0.15) is 11.5 Å². The van der Waals surface area contributed by atoms with Gasteiger partial charge in [-0.25, -0.2) is 9.78 Å². The lowest BCUT2D eigenvalue weighted by molar-refractivity contribution is 0.0690. The van der Waals surface area contributed by atoms with Crippen LogP contribution in [0.1, 0.15) is 37.4 Å². The Morgan fingerprint density at radius 1 is 1.45 bits per heavy atom. The number of carboxylic acid groups (broad SMARTS) is 1. The average molecular weight is 294 g/mol. The van der Waals surface area contributed by atoms with E-state index in [1.54, 1.807) is 19.9 Å². The number of rotatable bonds is 5. The average Bonchev–Trinajstić information content (AvgIpc) is 2.96. The number of nitrogens with zero attached hydrogens (tertiary/aromatic N) is 1. The molecule has 2 N–H and O–H groups in total. The Hall–Kier alpha value is -2.15. The Morgan fingerprint density at radius 3 is 2.75 bits per heavy atom. The summed E-state index contributed by atoms with van der Waals surface area (Å²) in [4.78, 5) is 26.5. The maximum absolute atomic E-state index is 11.9. The number of carbonyl (C=O) groups excluding carboxylic acids is 1. The van der Waals surface area contributed by atoms with Crippen LogP contribution in [0.2, 0.25) is 0 Å². The summed E-state index contributed by atoms with van der Waals surface area (Å²) in [6.07, 6.45) is 0.500. The van der Waals surface area contributed by atoms with Crippen molar-refractivity contribution in [2.45, 2.75) is 20.3 Å². The van der Waals surface area contributed by atoms with Crippen LogP contribution in [0.5, 0.6) is 0 Å². The van der Waals surface area contributed by atoms with E-state index in [9.17, 15) is 9.59 Å². The van der Waals surface area contributed by atoms with Gasteiger partial charge in [0, 0.05) is 18.3 Å². The second kappa shape index (κ2) is 5.87. The van der Waals surface area contributed by atoms with Crippen LogP contribution in [0.4, 0.5) is 0 Å². The number of carbonyl (C=O) groups is 2. The number of aryl methyl sites for hydroxylation is 2. The Labute approximate surface area is 119 Å². The third-order valence-electron chi connectivity index (χ3n) is 2.68. The zero-order valence-electron chi connectivity index (χ0n) is 11.1. The Balaban J connectivity index is 1.87. The molecule has 6 nitrogen and oxygen atoms in total. The van der Waals surface area contributed by atoms with Crippen molar-refractivity contribution in [2.24, 2.45) is 0 Å². The molecular formula is C13H14N2O4S. The molecule has 0 saturated carbocycles. The molecule has 2 heterocycles. The first-order valence-corrected chi connectivity index (χ1v) is 6.88. The number of furan rings is 1. The van der Waals surface area contributed by atoms with Crippen molar-refractivity contribution in [1.82, 2.24) is 10.3 Å². The van der Waals surface area contributed by atoms with Crippen molar-refractivity contribution < 1.29 is 19.1 Å². The first-order chi connectivity index (χ1) is 9.47. The minimum Gasteiger partial charge on any atom is -0.476 e.